The zero-order valence-electron chi connectivity index (χ0n) is 8.26. The predicted octanol–water partition coefficient (Wildman–Crippen LogP) is 0.0757. The van der Waals surface area contributed by atoms with Crippen molar-refractivity contribution in [2.24, 2.45) is 11.5 Å². The molecule has 1 unspecified atom stereocenters. The van der Waals surface area contributed by atoms with Gasteiger partial charge in [-0.15, -0.1) is 0 Å². The molecule has 5 nitrogen and oxygen atoms in total. The van der Waals surface area contributed by atoms with Crippen LogP contribution in [0, 0.1) is 0 Å². The molecule has 0 saturated carbocycles. The number of aromatic nitrogens is 2. The Bertz CT molecular complexity index is 213. The van der Waals surface area contributed by atoms with Crippen molar-refractivity contribution in [3.63, 3.8) is 0 Å². The summed E-state index contributed by atoms with van der Waals surface area (Å²) < 4.78 is 0. The van der Waals surface area contributed by atoms with Gasteiger partial charge in [0.15, 0.2) is 0 Å². The fraction of sp³-hybridized carbons (Fsp3) is 0.444. The van der Waals surface area contributed by atoms with Gasteiger partial charge in [0.1, 0.15) is 0 Å². The van der Waals surface area contributed by atoms with E-state index in [1.54, 1.807) is 24.8 Å². The molecule has 1 amide bonds. The summed E-state index contributed by atoms with van der Waals surface area (Å²) in [6.45, 7) is 1.96. The number of nitrogens with two attached hydrogens (primary N) is 2. The zero-order chi connectivity index (χ0) is 10.8. The highest BCUT2D eigenvalue weighted by Gasteiger charge is 2.05. The Labute approximate surface area is 83.5 Å². The van der Waals surface area contributed by atoms with Gasteiger partial charge in [0.25, 0.3) is 0 Å². The largest absolute Gasteiger partial charge is 0.368 e. The van der Waals surface area contributed by atoms with Crippen LogP contribution in [0.4, 0.5) is 0 Å². The lowest BCUT2D eigenvalue weighted by atomic mass is 10.2. The third-order valence-electron chi connectivity index (χ3n) is 1.44. The van der Waals surface area contributed by atoms with E-state index in [0.29, 0.717) is 6.42 Å². The lowest BCUT2D eigenvalue weighted by molar-refractivity contribution is -0.119. The van der Waals surface area contributed by atoms with E-state index in [1.165, 1.54) is 0 Å². The van der Waals surface area contributed by atoms with Crippen LogP contribution in [-0.4, -0.2) is 21.9 Å². The van der Waals surface area contributed by atoms with Crippen molar-refractivity contribution in [2.75, 3.05) is 0 Å². The van der Waals surface area contributed by atoms with E-state index in [4.69, 9.17) is 11.5 Å². The molecule has 1 heterocycles. The van der Waals surface area contributed by atoms with Gasteiger partial charge in [-0.05, 0) is 6.42 Å². The third kappa shape index (κ3) is 7.17. The van der Waals surface area contributed by atoms with Gasteiger partial charge in [-0.25, -0.2) is 0 Å². The van der Waals surface area contributed by atoms with E-state index in [1.807, 2.05) is 6.92 Å². The van der Waals surface area contributed by atoms with Crippen LogP contribution < -0.4 is 11.5 Å². The molecule has 0 saturated heterocycles. The number of rotatable bonds is 3. The lowest BCUT2D eigenvalue weighted by Crippen LogP contribution is -2.35. The van der Waals surface area contributed by atoms with Crippen molar-refractivity contribution >= 4 is 5.91 Å². The first kappa shape index (κ1) is 12.5. The minimum Gasteiger partial charge on any atom is -0.368 e. The Morgan fingerprint density at radius 3 is 1.86 bits per heavy atom. The topological polar surface area (TPSA) is 94.9 Å². The maximum Gasteiger partial charge on any atom is 0.234 e. The molecule has 1 rings (SSSR count). The van der Waals surface area contributed by atoms with Gasteiger partial charge < -0.3 is 11.5 Å². The molecule has 4 N–H and O–H groups in total. The fourth-order valence-corrected chi connectivity index (χ4v) is 0.707. The van der Waals surface area contributed by atoms with E-state index in [0.717, 1.165) is 6.42 Å². The summed E-state index contributed by atoms with van der Waals surface area (Å²) in [4.78, 5) is 17.6. The average Bonchev–Trinajstić information content (AvgIpc) is 2.21. The van der Waals surface area contributed by atoms with Gasteiger partial charge in [0.05, 0.1) is 6.04 Å². The number of hydrogen-bond donors (Lipinski definition) is 2. The summed E-state index contributed by atoms with van der Waals surface area (Å²) in [6, 6.07) is -0.444. The lowest BCUT2D eigenvalue weighted by Gasteiger charge is -2.01. The van der Waals surface area contributed by atoms with Crippen LogP contribution in [0.25, 0.3) is 0 Å². The van der Waals surface area contributed by atoms with Crippen molar-refractivity contribution in [3.8, 4) is 0 Å². The molecule has 0 bridgehead atoms. The molecule has 1 aromatic rings. The molecule has 5 heteroatoms. The molecular weight excluding hydrogens is 180 g/mol. The number of carbonyl (C=O) groups is 1. The molecule has 78 valence electrons. The molecule has 0 aliphatic carbocycles. The van der Waals surface area contributed by atoms with Crippen LogP contribution in [0.3, 0.4) is 0 Å². The Morgan fingerprint density at radius 2 is 1.71 bits per heavy atom. The highest BCUT2D eigenvalue weighted by molar-refractivity contribution is 5.79. The molecule has 0 aromatic carbocycles. The molecule has 0 aliphatic rings. The van der Waals surface area contributed by atoms with Crippen LogP contribution in [0.5, 0.6) is 0 Å². The number of nitrogens with zero attached hydrogens (tertiary/aromatic N) is 2. The van der Waals surface area contributed by atoms with Crippen LogP contribution in [-0.2, 0) is 4.79 Å². The minimum absolute atomic E-state index is 0.410. The first-order chi connectivity index (χ1) is 6.68. The maximum atomic E-state index is 10.2. The van der Waals surface area contributed by atoms with Gasteiger partial charge >= 0.3 is 0 Å². The summed E-state index contributed by atoms with van der Waals surface area (Å²) in [5, 5.41) is 0. The first-order valence-electron chi connectivity index (χ1n) is 4.43. The van der Waals surface area contributed by atoms with Crippen molar-refractivity contribution in [2.45, 2.75) is 25.8 Å². The number of amides is 1. The predicted molar refractivity (Wildman–Crippen MR) is 54.1 cm³/mol. The van der Waals surface area contributed by atoms with Gasteiger partial charge in [-0.3, -0.25) is 14.8 Å². The monoisotopic (exact) mass is 196 g/mol. The smallest absolute Gasteiger partial charge is 0.234 e. The number of primary amides is 1. The van der Waals surface area contributed by atoms with Crippen LogP contribution >= 0.6 is 0 Å². The normalized spacial score (nSPS) is 11.0. The number of carbonyl (C=O) groups excluding carboxylic acids is 1. The number of hydrogen-bond acceptors (Lipinski definition) is 4. The van der Waals surface area contributed by atoms with E-state index < -0.39 is 11.9 Å². The van der Waals surface area contributed by atoms with E-state index in [-0.39, 0.29) is 0 Å². The second-order valence-corrected chi connectivity index (χ2v) is 2.69. The minimum atomic E-state index is -0.444. The summed E-state index contributed by atoms with van der Waals surface area (Å²) in [7, 11) is 0. The Morgan fingerprint density at radius 1 is 1.29 bits per heavy atom. The Hall–Kier alpha value is -1.49. The molecule has 0 radical (unpaired) electrons. The van der Waals surface area contributed by atoms with Gasteiger partial charge in [0, 0.05) is 24.8 Å². The van der Waals surface area contributed by atoms with Crippen molar-refractivity contribution in [1.29, 1.82) is 0 Å². The molecule has 0 fully saturated rings. The second kappa shape index (κ2) is 8.12. The highest BCUT2D eigenvalue weighted by Crippen LogP contribution is 1.89. The van der Waals surface area contributed by atoms with E-state index >= 15 is 0 Å². The quantitative estimate of drug-likeness (QED) is 0.715. The molecule has 1 aromatic heterocycles. The van der Waals surface area contributed by atoms with Crippen molar-refractivity contribution < 1.29 is 4.79 Å². The zero-order valence-corrected chi connectivity index (χ0v) is 8.26. The Balaban J connectivity index is 0.000000249. The van der Waals surface area contributed by atoms with Gasteiger partial charge in [-0.2, -0.15) is 0 Å². The van der Waals surface area contributed by atoms with Gasteiger partial charge in [-0.1, -0.05) is 13.3 Å². The van der Waals surface area contributed by atoms with Crippen molar-refractivity contribution in [3.05, 3.63) is 24.8 Å². The highest BCUT2D eigenvalue weighted by atomic mass is 16.1. The van der Waals surface area contributed by atoms with Crippen LogP contribution in [0.15, 0.2) is 24.8 Å². The SMILES string of the molecule is CCCC(N)C(N)=O.c1cnccn1. The maximum absolute atomic E-state index is 10.2. The Kier molecular flexibility index (Phi) is 7.26. The standard InChI is InChI=1S/C5H12N2O.C4H4N2/c1-2-3-4(6)5(7)8;1-2-6-4-3-5-1/h4H,2-3,6H2,1H3,(H2,7,8);1-4H. The van der Waals surface area contributed by atoms with Crippen LogP contribution in [0.1, 0.15) is 19.8 Å². The first-order valence-corrected chi connectivity index (χ1v) is 4.43. The van der Waals surface area contributed by atoms with E-state index in [9.17, 15) is 4.79 Å². The average molecular weight is 196 g/mol. The van der Waals surface area contributed by atoms with Crippen LogP contribution in [0.2, 0.25) is 0 Å². The molecular formula is C9H16N4O. The summed E-state index contributed by atoms with van der Waals surface area (Å²) in [5.41, 5.74) is 10.1. The summed E-state index contributed by atoms with van der Waals surface area (Å²) in [5.74, 6) is -0.410. The molecule has 14 heavy (non-hydrogen) atoms. The molecule has 1 atom stereocenters. The molecule has 0 aliphatic heterocycles. The molecule has 0 spiro atoms. The van der Waals surface area contributed by atoms with Gasteiger partial charge in [0.2, 0.25) is 5.91 Å². The summed E-state index contributed by atoms with van der Waals surface area (Å²) in [6.07, 6.45) is 8.15. The fourth-order valence-electron chi connectivity index (χ4n) is 0.707. The third-order valence-corrected chi connectivity index (χ3v) is 1.44. The second-order valence-electron chi connectivity index (χ2n) is 2.69. The van der Waals surface area contributed by atoms with Crippen molar-refractivity contribution in [1.82, 2.24) is 9.97 Å². The summed E-state index contributed by atoms with van der Waals surface area (Å²) >= 11 is 0. The van der Waals surface area contributed by atoms with E-state index in [2.05, 4.69) is 9.97 Å².